The van der Waals surface area contributed by atoms with E-state index in [1.807, 2.05) is 24.3 Å². The van der Waals surface area contributed by atoms with Gasteiger partial charge in [-0.3, -0.25) is 14.2 Å². The number of rotatable bonds is 8. The fourth-order valence-electron chi connectivity index (χ4n) is 3.19. The Morgan fingerprint density at radius 1 is 1.10 bits per heavy atom. The van der Waals surface area contributed by atoms with Gasteiger partial charge in [0.05, 0.1) is 10.9 Å². The molecule has 3 rings (SSSR count). The minimum Gasteiger partial charge on any atom is -0.352 e. The molecule has 3 aromatic rings. The summed E-state index contributed by atoms with van der Waals surface area (Å²) >= 11 is 5.87. The standard InChI is InChI=1S/C22H24ClN3O3/c1-2-3-4-13-26-21(28)18-10-7-16(14-19(18)25-22(26)29)20(27)24-12-11-15-5-8-17(23)9-6-15/h5-10,14H,2-4,11-13H2,1H3,(H,24,27)(H,25,29). The van der Waals surface area contributed by atoms with Crippen LogP contribution in [0.4, 0.5) is 0 Å². The normalized spacial score (nSPS) is 11.0. The first-order chi connectivity index (χ1) is 14.0. The third kappa shape index (κ3) is 5.15. The number of carbonyl (C=O) groups is 1. The molecule has 6 nitrogen and oxygen atoms in total. The van der Waals surface area contributed by atoms with Gasteiger partial charge in [-0.05, 0) is 48.7 Å². The van der Waals surface area contributed by atoms with E-state index in [0.29, 0.717) is 41.0 Å². The molecule has 0 bridgehead atoms. The number of halogens is 1. The highest BCUT2D eigenvalue weighted by Crippen LogP contribution is 2.11. The van der Waals surface area contributed by atoms with Crippen LogP contribution in [0.5, 0.6) is 0 Å². The molecule has 0 aliphatic carbocycles. The molecule has 7 heteroatoms. The summed E-state index contributed by atoms with van der Waals surface area (Å²) in [5.74, 6) is -0.256. The number of carbonyl (C=O) groups excluding carboxylic acids is 1. The average molecular weight is 414 g/mol. The van der Waals surface area contributed by atoms with Crippen LogP contribution in [-0.4, -0.2) is 22.0 Å². The minimum absolute atomic E-state index is 0.256. The Bertz CT molecular complexity index is 1120. The van der Waals surface area contributed by atoms with Crippen LogP contribution in [0.1, 0.15) is 42.1 Å². The van der Waals surface area contributed by atoms with Crippen LogP contribution in [0, 0.1) is 0 Å². The molecule has 2 N–H and O–H groups in total. The van der Waals surface area contributed by atoms with E-state index in [0.717, 1.165) is 24.8 Å². The van der Waals surface area contributed by atoms with Gasteiger partial charge >= 0.3 is 5.69 Å². The predicted octanol–water partition coefficient (Wildman–Crippen LogP) is 3.51. The Balaban J connectivity index is 1.72. The van der Waals surface area contributed by atoms with E-state index in [4.69, 9.17) is 11.6 Å². The number of benzene rings is 2. The first-order valence-corrected chi connectivity index (χ1v) is 10.2. The predicted molar refractivity (Wildman–Crippen MR) is 116 cm³/mol. The van der Waals surface area contributed by atoms with Gasteiger partial charge in [-0.15, -0.1) is 0 Å². The number of H-pyrrole nitrogens is 1. The van der Waals surface area contributed by atoms with Gasteiger partial charge in [-0.1, -0.05) is 43.5 Å². The summed E-state index contributed by atoms with van der Waals surface area (Å²) in [6, 6.07) is 12.2. The summed E-state index contributed by atoms with van der Waals surface area (Å²) in [6.07, 6.45) is 3.42. The summed E-state index contributed by atoms with van der Waals surface area (Å²) < 4.78 is 1.23. The van der Waals surface area contributed by atoms with Crippen molar-refractivity contribution in [3.05, 3.63) is 79.5 Å². The smallest absolute Gasteiger partial charge is 0.328 e. The van der Waals surface area contributed by atoms with Crippen molar-refractivity contribution in [1.82, 2.24) is 14.9 Å². The summed E-state index contributed by atoms with van der Waals surface area (Å²) in [7, 11) is 0. The SMILES string of the molecule is CCCCCn1c(=O)[nH]c2cc(C(=O)NCCc3ccc(Cl)cc3)ccc2c1=O. The third-order valence-electron chi connectivity index (χ3n) is 4.84. The Kier molecular flexibility index (Phi) is 6.88. The van der Waals surface area contributed by atoms with Gasteiger partial charge < -0.3 is 10.3 Å². The van der Waals surface area contributed by atoms with Gasteiger partial charge in [-0.2, -0.15) is 0 Å². The van der Waals surface area contributed by atoms with Crippen molar-refractivity contribution in [2.24, 2.45) is 0 Å². The Hall–Kier alpha value is -2.86. The van der Waals surface area contributed by atoms with E-state index in [1.165, 1.54) is 4.57 Å². The number of unbranched alkanes of at least 4 members (excludes halogenated alkanes) is 2. The molecule has 0 spiro atoms. The highest BCUT2D eigenvalue weighted by Gasteiger charge is 2.11. The van der Waals surface area contributed by atoms with Gasteiger partial charge in [-0.25, -0.2) is 4.79 Å². The maximum Gasteiger partial charge on any atom is 0.328 e. The van der Waals surface area contributed by atoms with Crippen LogP contribution in [0.25, 0.3) is 10.9 Å². The molecule has 1 amide bonds. The third-order valence-corrected chi connectivity index (χ3v) is 5.09. The fraction of sp³-hybridized carbons (Fsp3) is 0.318. The van der Waals surface area contributed by atoms with Crippen LogP contribution < -0.4 is 16.6 Å². The summed E-state index contributed by atoms with van der Waals surface area (Å²) in [5, 5.41) is 3.93. The van der Waals surface area contributed by atoms with E-state index in [-0.39, 0.29) is 11.5 Å². The molecule has 152 valence electrons. The molecule has 1 aromatic heterocycles. The monoisotopic (exact) mass is 413 g/mol. The van der Waals surface area contributed by atoms with Crippen LogP contribution in [0.15, 0.2) is 52.1 Å². The number of nitrogens with one attached hydrogen (secondary N) is 2. The van der Waals surface area contributed by atoms with E-state index < -0.39 is 5.69 Å². The first-order valence-electron chi connectivity index (χ1n) is 9.79. The molecule has 0 saturated carbocycles. The van der Waals surface area contributed by atoms with Crippen molar-refractivity contribution in [2.75, 3.05) is 6.54 Å². The van der Waals surface area contributed by atoms with Crippen LogP contribution in [0.2, 0.25) is 5.02 Å². The number of amides is 1. The molecule has 0 radical (unpaired) electrons. The van der Waals surface area contributed by atoms with Crippen molar-refractivity contribution in [2.45, 2.75) is 39.2 Å². The number of fused-ring (bicyclic) bond motifs is 1. The van der Waals surface area contributed by atoms with E-state index >= 15 is 0 Å². The van der Waals surface area contributed by atoms with Crippen molar-refractivity contribution >= 4 is 28.4 Å². The lowest BCUT2D eigenvalue weighted by molar-refractivity contribution is 0.0954. The fourth-order valence-corrected chi connectivity index (χ4v) is 3.32. The average Bonchev–Trinajstić information content (AvgIpc) is 2.71. The van der Waals surface area contributed by atoms with Crippen molar-refractivity contribution in [1.29, 1.82) is 0 Å². The Labute approximate surface area is 173 Å². The van der Waals surface area contributed by atoms with Crippen molar-refractivity contribution in [3.8, 4) is 0 Å². The molecule has 2 aromatic carbocycles. The van der Waals surface area contributed by atoms with Gasteiger partial charge in [0.15, 0.2) is 0 Å². The second kappa shape index (κ2) is 9.56. The van der Waals surface area contributed by atoms with Crippen molar-refractivity contribution < 1.29 is 4.79 Å². The minimum atomic E-state index is -0.445. The number of aromatic amines is 1. The number of hydrogen-bond acceptors (Lipinski definition) is 3. The van der Waals surface area contributed by atoms with Crippen LogP contribution in [-0.2, 0) is 13.0 Å². The quantitative estimate of drug-likeness (QED) is 0.554. The molecule has 0 unspecified atom stereocenters. The zero-order valence-corrected chi connectivity index (χ0v) is 17.1. The highest BCUT2D eigenvalue weighted by atomic mass is 35.5. The molecular weight excluding hydrogens is 390 g/mol. The Morgan fingerprint density at radius 2 is 1.86 bits per heavy atom. The molecule has 0 atom stereocenters. The van der Waals surface area contributed by atoms with E-state index in [9.17, 15) is 14.4 Å². The highest BCUT2D eigenvalue weighted by molar-refractivity contribution is 6.30. The lowest BCUT2D eigenvalue weighted by Gasteiger charge is -2.08. The second-order valence-corrected chi connectivity index (χ2v) is 7.42. The maximum absolute atomic E-state index is 12.6. The number of hydrogen-bond donors (Lipinski definition) is 2. The summed E-state index contributed by atoms with van der Waals surface area (Å²) in [4.78, 5) is 40.0. The van der Waals surface area contributed by atoms with E-state index in [2.05, 4.69) is 17.2 Å². The molecular formula is C22H24ClN3O3. The van der Waals surface area contributed by atoms with Gasteiger partial charge in [0, 0.05) is 23.7 Å². The molecule has 0 saturated heterocycles. The lowest BCUT2D eigenvalue weighted by atomic mass is 10.1. The molecule has 0 aliphatic heterocycles. The number of nitrogens with zero attached hydrogens (tertiary/aromatic N) is 1. The molecule has 1 heterocycles. The summed E-state index contributed by atoms with van der Waals surface area (Å²) in [5.41, 5.74) is 1.07. The second-order valence-electron chi connectivity index (χ2n) is 6.99. The first kappa shape index (κ1) is 20.9. The van der Waals surface area contributed by atoms with Gasteiger partial charge in [0.25, 0.3) is 11.5 Å². The zero-order valence-electron chi connectivity index (χ0n) is 16.3. The number of aromatic nitrogens is 2. The van der Waals surface area contributed by atoms with Crippen LogP contribution in [0.3, 0.4) is 0 Å². The molecule has 29 heavy (non-hydrogen) atoms. The Morgan fingerprint density at radius 3 is 2.59 bits per heavy atom. The van der Waals surface area contributed by atoms with Gasteiger partial charge in [0.2, 0.25) is 0 Å². The van der Waals surface area contributed by atoms with Crippen LogP contribution >= 0.6 is 11.6 Å². The largest absolute Gasteiger partial charge is 0.352 e. The molecule has 0 fully saturated rings. The van der Waals surface area contributed by atoms with Gasteiger partial charge in [0.1, 0.15) is 0 Å². The van der Waals surface area contributed by atoms with E-state index in [1.54, 1.807) is 18.2 Å². The lowest BCUT2D eigenvalue weighted by Crippen LogP contribution is -2.35. The maximum atomic E-state index is 12.6. The zero-order chi connectivity index (χ0) is 20.8. The van der Waals surface area contributed by atoms with Crippen molar-refractivity contribution in [3.63, 3.8) is 0 Å². The summed E-state index contributed by atoms with van der Waals surface area (Å²) in [6.45, 7) is 2.92. The molecule has 0 aliphatic rings. The topological polar surface area (TPSA) is 84.0 Å².